The normalized spacial score (nSPS) is 19.2. The number of likely N-dealkylation sites (tertiary alicyclic amines) is 1. The molecule has 1 fully saturated rings. The first kappa shape index (κ1) is 23.7. The Morgan fingerprint density at radius 2 is 1.86 bits per heavy atom. The van der Waals surface area contributed by atoms with Crippen molar-refractivity contribution in [1.29, 1.82) is 0 Å². The molecule has 0 aliphatic carbocycles. The maximum absolute atomic E-state index is 13.4. The van der Waals surface area contributed by atoms with E-state index in [1.807, 2.05) is 31.7 Å². The van der Waals surface area contributed by atoms with Crippen molar-refractivity contribution in [3.8, 4) is 11.3 Å². The number of aryl methyl sites for hydroxylation is 3. The van der Waals surface area contributed by atoms with Crippen LogP contribution in [0.4, 0.5) is 4.79 Å². The van der Waals surface area contributed by atoms with Crippen LogP contribution in [0, 0.1) is 13.8 Å². The third-order valence-electron chi connectivity index (χ3n) is 7.78. The number of nitrogens with zero attached hydrogens (tertiary/aromatic N) is 5. The average molecular weight is 519 g/mol. The van der Waals surface area contributed by atoms with Crippen LogP contribution >= 0.6 is 0 Å². The Bertz CT molecular complexity index is 1640. The molecular formula is C27H30N6O3S. The highest BCUT2D eigenvalue weighted by molar-refractivity contribution is 7.90. The lowest BCUT2D eigenvalue weighted by Crippen LogP contribution is -2.40. The zero-order chi connectivity index (χ0) is 25.9. The van der Waals surface area contributed by atoms with E-state index in [4.69, 9.17) is 5.10 Å². The molecule has 9 nitrogen and oxygen atoms in total. The van der Waals surface area contributed by atoms with Gasteiger partial charge >= 0.3 is 6.03 Å². The molecule has 3 aromatic heterocycles. The molecule has 37 heavy (non-hydrogen) atoms. The zero-order valence-electron chi connectivity index (χ0n) is 21.2. The molecule has 4 aromatic rings. The van der Waals surface area contributed by atoms with Crippen molar-refractivity contribution < 1.29 is 13.2 Å². The molecule has 1 unspecified atom stereocenters. The van der Waals surface area contributed by atoms with Crippen LogP contribution < -0.4 is 5.32 Å². The molecule has 1 spiro atoms. The van der Waals surface area contributed by atoms with E-state index in [1.165, 1.54) is 3.97 Å². The van der Waals surface area contributed by atoms with Gasteiger partial charge in [-0.2, -0.15) is 5.10 Å². The van der Waals surface area contributed by atoms with E-state index < -0.39 is 10.0 Å². The Morgan fingerprint density at radius 1 is 1.11 bits per heavy atom. The highest BCUT2D eigenvalue weighted by atomic mass is 32.2. The van der Waals surface area contributed by atoms with Crippen LogP contribution in [0.5, 0.6) is 0 Å². The molecule has 1 atom stereocenters. The topological polar surface area (TPSA) is 102 Å². The third-order valence-corrected chi connectivity index (χ3v) is 9.44. The zero-order valence-corrected chi connectivity index (χ0v) is 22.0. The fourth-order valence-corrected chi connectivity index (χ4v) is 7.08. The molecule has 0 saturated carbocycles. The standard InChI is InChI=1S/C27H30N6O3S/c1-4-28-26(34)31-11-9-27(17-31)10-12-32-24(27)14-23(30-32)20-13-22-19(3)16-33(25(22)29-15-20)37(35,36)21-7-5-18(2)6-8-21/h5-8,13-16H,4,9-12,17H2,1-3H3,(H,28,34). The number of rotatable bonds is 4. The molecule has 0 radical (unpaired) electrons. The van der Waals surface area contributed by atoms with E-state index in [0.29, 0.717) is 18.7 Å². The lowest BCUT2D eigenvalue weighted by Gasteiger charge is -2.23. The second-order valence-corrected chi connectivity index (χ2v) is 12.0. The van der Waals surface area contributed by atoms with Gasteiger partial charge in [-0.3, -0.25) is 4.68 Å². The first-order chi connectivity index (χ1) is 17.7. The Kier molecular flexibility index (Phi) is 5.41. The average Bonchev–Trinajstić information content (AvgIpc) is 3.64. The van der Waals surface area contributed by atoms with Crippen LogP contribution in [0.15, 0.2) is 53.7 Å². The minimum absolute atomic E-state index is 0.00667. The summed E-state index contributed by atoms with van der Waals surface area (Å²) in [5, 5.41) is 8.55. The van der Waals surface area contributed by atoms with Crippen LogP contribution in [0.2, 0.25) is 0 Å². The van der Waals surface area contributed by atoms with Gasteiger partial charge in [0.1, 0.15) is 0 Å². The predicted molar refractivity (Wildman–Crippen MR) is 141 cm³/mol. The van der Waals surface area contributed by atoms with E-state index >= 15 is 0 Å². The summed E-state index contributed by atoms with van der Waals surface area (Å²) in [6.45, 7) is 8.62. The number of fused-ring (bicyclic) bond motifs is 3. The summed E-state index contributed by atoms with van der Waals surface area (Å²) in [5.41, 5.74) is 4.97. The van der Waals surface area contributed by atoms with Gasteiger partial charge in [-0.25, -0.2) is 22.2 Å². The molecule has 1 aromatic carbocycles. The van der Waals surface area contributed by atoms with Gasteiger partial charge in [-0.1, -0.05) is 17.7 Å². The highest BCUT2D eigenvalue weighted by Gasteiger charge is 2.46. The summed E-state index contributed by atoms with van der Waals surface area (Å²) in [5.74, 6) is 0. The minimum atomic E-state index is -3.77. The molecule has 1 saturated heterocycles. The van der Waals surface area contributed by atoms with E-state index in [1.54, 1.807) is 36.7 Å². The van der Waals surface area contributed by atoms with Crippen LogP contribution in [-0.2, 0) is 22.0 Å². The van der Waals surface area contributed by atoms with Crippen molar-refractivity contribution in [2.45, 2.75) is 50.5 Å². The first-order valence-electron chi connectivity index (χ1n) is 12.6. The van der Waals surface area contributed by atoms with Gasteiger partial charge in [0.2, 0.25) is 0 Å². The van der Waals surface area contributed by atoms with Crippen LogP contribution in [0.1, 0.15) is 36.6 Å². The van der Waals surface area contributed by atoms with E-state index in [0.717, 1.165) is 59.4 Å². The maximum atomic E-state index is 13.4. The summed E-state index contributed by atoms with van der Waals surface area (Å²) >= 11 is 0. The van der Waals surface area contributed by atoms with Gasteiger partial charge in [0.15, 0.2) is 5.65 Å². The fourth-order valence-electron chi connectivity index (χ4n) is 5.70. The van der Waals surface area contributed by atoms with Gasteiger partial charge < -0.3 is 10.2 Å². The molecular weight excluding hydrogens is 488 g/mol. The molecule has 2 aliphatic heterocycles. The van der Waals surface area contributed by atoms with Gasteiger partial charge in [0, 0.05) is 60.6 Å². The van der Waals surface area contributed by atoms with Gasteiger partial charge in [-0.15, -0.1) is 0 Å². The predicted octanol–water partition coefficient (Wildman–Crippen LogP) is 3.83. The Hall–Kier alpha value is -3.66. The lowest BCUT2D eigenvalue weighted by atomic mass is 9.82. The van der Waals surface area contributed by atoms with Crippen molar-refractivity contribution in [2.24, 2.45) is 0 Å². The number of hydrogen-bond donors (Lipinski definition) is 1. The maximum Gasteiger partial charge on any atom is 0.317 e. The Morgan fingerprint density at radius 3 is 2.62 bits per heavy atom. The van der Waals surface area contributed by atoms with Gasteiger partial charge in [-0.05, 0) is 63.4 Å². The third kappa shape index (κ3) is 3.73. The first-order valence-corrected chi connectivity index (χ1v) is 14.1. The summed E-state index contributed by atoms with van der Waals surface area (Å²) < 4.78 is 30.0. The second-order valence-electron chi connectivity index (χ2n) is 10.2. The van der Waals surface area contributed by atoms with Crippen LogP contribution in [0.25, 0.3) is 22.3 Å². The molecule has 1 N–H and O–H groups in total. The highest BCUT2D eigenvalue weighted by Crippen LogP contribution is 2.44. The largest absolute Gasteiger partial charge is 0.338 e. The number of amides is 2. The monoisotopic (exact) mass is 518 g/mol. The van der Waals surface area contributed by atoms with Gasteiger partial charge in [0.25, 0.3) is 10.0 Å². The molecule has 10 heteroatoms. The summed E-state index contributed by atoms with van der Waals surface area (Å²) in [4.78, 5) is 19.1. The number of urea groups is 1. The number of carbonyl (C=O) groups excluding carboxylic acids is 1. The van der Waals surface area contributed by atoms with Crippen molar-refractivity contribution in [3.05, 3.63) is 65.6 Å². The van der Waals surface area contributed by atoms with E-state index in [2.05, 4.69) is 21.0 Å². The minimum Gasteiger partial charge on any atom is -0.338 e. The van der Waals surface area contributed by atoms with Gasteiger partial charge in [0.05, 0.1) is 10.6 Å². The molecule has 0 bridgehead atoms. The number of benzene rings is 1. The SMILES string of the molecule is CCNC(=O)N1CCC2(CCn3nc(-c4cnc5c(c4)c(C)cn5S(=O)(=O)c4ccc(C)cc4)cc32)C1. The van der Waals surface area contributed by atoms with Crippen LogP contribution in [0.3, 0.4) is 0 Å². The van der Waals surface area contributed by atoms with E-state index in [9.17, 15) is 13.2 Å². The number of nitrogens with one attached hydrogen (secondary N) is 1. The summed E-state index contributed by atoms with van der Waals surface area (Å²) in [7, 11) is -3.77. The van der Waals surface area contributed by atoms with Crippen molar-refractivity contribution in [1.82, 2.24) is 29.0 Å². The number of carbonyl (C=O) groups is 1. The Balaban J connectivity index is 1.34. The van der Waals surface area contributed by atoms with Crippen LogP contribution in [-0.4, -0.2) is 57.7 Å². The number of pyridine rings is 1. The second kappa shape index (κ2) is 8.44. The van der Waals surface area contributed by atoms with E-state index in [-0.39, 0.29) is 16.3 Å². The quantitative estimate of drug-likeness (QED) is 0.442. The number of aromatic nitrogens is 4. The smallest absolute Gasteiger partial charge is 0.317 e. The molecule has 192 valence electrons. The summed E-state index contributed by atoms with van der Waals surface area (Å²) in [6, 6.07) is 10.9. The van der Waals surface area contributed by atoms with Crippen molar-refractivity contribution >= 4 is 27.1 Å². The number of hydrogen-bond acceptors (Lipinski definition) is 5. The lowest BCUT2D eigenvalue weighted by molar-refractivity contribution is 0.206. The molecule has 2 amide bonds. The molecule has 2 aliphatic rings. The fraction of sp³-hybridized carbons (Fsp3) is 0.370. The molecule has 6 rings (SSSR count). The van der Waals surface area contributed by atoms with Crippen molar-refractivity contribution in [3.63, 3.8) is 0 Å². The summed E-state index contributed by atoms with van der Waals surface area (Å²) in [6.07, 6.45) is 5.23. The Labute approximate surface area is 216 Å². The molecule has 5 heterocycles. The van der Waals surface area contributed by atoms with Crippen molar-refractivity contribution in [2.75, 3.05) is 19.6 Å².